The number of aromatic hydroxyl groups is 12. The Morgan fingerprint density at radius 2 is 0.422 bits per heavy atom. The lowest BCUT2D eigenvalue weighted by Crippen LogP contribution is -2.34. The molecule has 15 rings (SSSR count). The van der Waals surface area contributed by atoms with Crippen LogP contribution in [0, 0.1) is 5.92 Å². The number of hydrogen-bond donors (Lipinski definition) is 12. The monoisotopic (exact) mass is 1790 g/mol. The molecule has 1 aliphatic carbocycles. The zero-order chi connectivity index (χ0) is 93.2. The van der Waals surface area contributed by atoms with E-state index in [1.54, 1.807) is 97.1 Å². The molecule has 0 heterocycles. The third kappa shape index (κ3) is 21.5. The fourth-order valence-corrected chi connectivity index (χ4v) is 18.1. The lowest BCUT2D eigenvalue weighted by atomic mass is 9.63. The second kappa shape index (κ2) is 39.6. The summed E-state index contributed by atoms with van der Waals surface area (Å²) in [6.45, 7) is 29.6. The van der Waals surface area contributed by atoms with Gasteiger partial charge in [-0.2, -0.15) is 0 Å². The second-order valence-electron chi connectivity index (χ2n) is 36.8. The molecule has 128 heavy (non-hydrogen) atoms. The first-order chi connectivity index (χ1) is 60.3. The molecule has 12 N–H and O–H groups in total. The van der Waals surface area contributed by atoms with E-state index >= 15 is 0 Å². The SMILES string of the molecule is CC(C)(c1ccc(C(C)(C)c2ccc(O)c(Cl)c2)cc1)c1ccc(O)c(Cl)c1.CC(C)(c1cccc(C(C)(C)c2ccc(O)c(Cl)c2)c1)c1ccc(O)c(Cl)c1.CC(C)(c1cccc(C(C)(C)c2ccc(O)cc2O)c1)c1ccc(O)cc1O.CC(c1ccc(O)cc1)(c1ccc(O)cc1)C1CCCCC1.CC(c1ccccc1)(c1ccc(O)cc1)c1ccc(O)cc1. The van der Waals surface area contributed by atoms with E-state index in [0.717, 1.165) is 72.3 Å². The first kappa shape index (κ1) is 96.5. The normalized spacial score (nSPS) is 12.8. The Kier molecular flexibility index (Phi) is 29.9. The van der Waals surface area contributed by atoms with E-state index < -0.39 is 10.8 Å². The van der Waals surface area contributed by atoms with Crippen molar-refractivity contribution in [3.63, 3.8) is 0 Å². The van der Waals surface area contributed by atoms with Crippen LogP contribution in [-0.4, -0.2) is 61.3 Å². The van der Waals surface area contributed by atoms with Gasteiger partial charge in [0, 0.05) is 66.6 Å². The van der Waals surface area contributed by atoms with Crippen molar-refractivity contribution >= 4 is 46.4 Å². The van der Waals surface area contributed by atoms with Gasteiger partial charge in [0.1, 0.15) is 69.0 Å². The maximum absolute atomic E-state index is 10.3. The first-order valence-electron chi connectivity index (χ1n) is 42.9. The van der Waals surface area contributed by atoms with Gasteiger partial charge < -0.3 is 61.3 Å². The van der Waals surface area contributed by atoms with Gasteiger partial charge in [0.05, 0.1) is 20.1 Å². The third-order valence-electron chi connectivity index (χ3n) is 26.5. The molecule has 664 valence electrons. The van der Waals surface area contributed by atoms with E-state index in [9.17, 15) is 61.3 Å². The van der Waals surface area contributed by atoms with Gasteiger partial charge in [-0.25, -0.2) is 0 Å². The Morgan fingerprint density at radius 3 is 0.703 bits per heavy atom. The van der Waals surface area contributed by atoms with Crippen LogP contribution in [0.1, 0.15) is 224 Å². The third-order valence-corrected chi connectivity index (χ3v) is 27.7. The average Bonchev–Trinajstić information content (AvgIpc) is 0.765. The standard InChI is InChI=1S/2C24H24Cl2O2.C24H26O4.C20H24O2.C20H18O2/c1-23(2,17-9-11-21(27)19(25)13-17)15-5-7-16(8-6-15)24(3,4)18-10-12-22(28)20(26)14-18;1-23(2,17-8-10-21(27)19(25)13-17)15-6-5-7-16(12-15)24(3,4)18-9-11-22(28)20(26)14-18;1-23(2,19-10-8-17(25)13-21(19)27)15-6-5-7-16(12-15)24(3,4)20-11-9-18(26)14-22(20)28;2*1-20(15-5-3-2-4-6-15,16-7-11-18(21)12-8-16)17-9-13-19(22)14-10-17/h2*5-14,27-28H,1-4H3;5-14,25-28H,1-4H3;7-15,21-22H,2-6H2,1H3;2-14,21-22H,1H3. The maximum Gasteiger partial charge on any atom is 0.134 e. The van der Waals surface area contributed by atoms with Crippen molar-refractivity contribution in [3.8, 4) is 69.0 Å². The Morgan fingerprint density at radius 1 is 0.195 bits per heavy atom. The van der Waals surface area contributed by atoms with Gasteiger partial charge in [-0.3, -0.25) is 0 Å². The Hall–Kier alpha value is -12.2. The van der Waals surface area contributed by atoms with Crippen molar-refractivity contribution in [2.75, 3.05) is 0 Å². The molecule has 14 aromatic rings. The predicted molar refractivity (Wildman–Crippen MR) is 522 cm³/mol. The summed E-state index contributed by atoms with van der Waals surface area (Å²) in [6.07, 6.45) is 6.38. The van der Waals surface area contributed by atoms with Gasteiger partial charge in [-0.1, -0.05) is 344 Å². The summed E-state index contributed by atoms with van der Waals surface area (Å²) in [5.74, 6) is 2.20. The van der Waals surface area contributed by atoms with Crippen molar-refractivity contribution in [2.24, 2.45) is 5.92 Å². The van der Waals surface area contributed by atoms with Crippen LogP contribution >= 0.6 is 46.4 Å². The van der Waals surface area contributed by atoms with Crippen molar-refractivity contribution in [1.82, 2.24) is 0 Å². The minimum absolute atomic E-state index is 0.0229. The Balaban J connectivity index is 0.000000156. The molecule has 1 saturated carbocycles. The summed E-state index contributed by atoms with van der Waals surface area (Å²) in [7, 11) is 0. The molecule has 0 amide bonds. The van der Waals surface area contributed by atoms with Gasteiger partial charge in [-0.15, -0.1) is 0 Å². The zero-order valence-corrected chi connectivity index (χ0v) is 78.0. The Bertz CT molecular complexity index is 5810. The lowest BCUT2D eigenvalue weighted by molar-refractivity contribution is 0.254. The van der Waals surface area contributed by atoms with E-state index in [4.69, 9.17) is 46.4 Å². The molecule has 0 saturated heterocycles. The average molecular weight is 1800 g/mol. The molecule has 0 radical (unpaired) electrons. The molecule has 14 aromatic carbocycles. The number of benzene rings is 14. The number of rotatable bonds is 18. The van der Waals surface area contributed by atoms with Crippen molar-refractivity contribution < 1.29 is 61.3 Å². The zero-order valence-electron chi connectivity index (χ0n) is 74.9. The maximum atomic E-state index is 10.3. The number of halogens is 4. The van der Waals surface area contributed by atoms with Gasteiger partial charge in [0.2, 0.25) is 0 Å². The van der Waals surface area contributed by atoms with E-state index in [-0.39, 0.29) is 90.0 Å². The number of phenolic OH excluding ortho intramolecular Hbond substituents is 12. The molecule has 1 fully saturated rings. The predicted octanol–water partition coefficient (Wildman–Crippen LogP) is 28.7. The highest BCUT2D eigenvalue weighted by atomic mass is 35.5. The first-order valence-corrected chi connectivity index (χ1v) is 44.4. The van der Waals surface area contributed by atoms with Gasteiger partial charge in [-0.05, 0) is 218 Å². The van der Waals surface area contributed by atoms with E-state index in [1.807, 2.05) is 161 Å². The van der Waals surface area contributed by atoms with Crippen LogP contribution in [0.5, 0.6) is 69.0 Å². The summed E-state index contributed by atoms with van der Waals surface area (Å²) in [5.41, 5.74) is 15.4. The highest BCUT2D eigenvalue weighted by Gasteiger charge is 2.40. The van der Waals surface area contributed by atoms with E-state index in [2.05, 4.69) is 136 Å². The fraction of sp³-hybridized carbons (Fsp3) is 0.250. The van der Waals surface area contributed by atoms with Crippen molar-refractivity contribution in [1.29, 1.82) is 0 Å². The molecule has 16 heteroatoms. The Labute approximate surface area is 773 Å². The molecule has 1 aliphatic rings. The van der Waals surface area contributed by atoms with Crippen LogP contribution in [0.15, 0.2) is 309 Å². The van der Waals surface area contributed by atoms with Crippen molar-refractivity contribution in [3.05, 3.63) is 424 Å². The fourth-order valence-electron chi connectivity index (χ4n) is 17.3. The summed E-state index contributed by atoms with van der Waals surface area (Å²) >= 11 is 24.5. The van der Waals surface area contributed by atoms with E-state index in [0.29, 0.717) is 48.6 Å². The summed E-state index contributed by atoms with van der Waals surface area (Å²) in [6, 6.07) is 95.7. The van der Waals surface area contributed by atoms with Crippen molar-refractivity contribution in [2.45, 2.75) is 172 Å². The molecule has 0 aliphatic heterocycles. The van der Waals surface area contributed by atoms with Crippen LogP contribution in [0.25, 0.3) is 0 Å². The smallest absolute Gasteiger partial charge is 0.134 e. The van der Waals surface area contributed by atoms with E-state index in [1.165, 1.54) is 55.4 Å². The van der Waals surface area contributed by atoms with Gasteiger partial charge in [0.15, 0.2) is 0 Å². The molecular formula is C112H116Cl4O12. The molecule has 0 unspecified atom stereocenters. The summed E-state index contributed by atoms with van der Waals surface area (Å²) in [5, 5.41) is 118. The second-order valence-corrected chi connectivity index (χ2v) is 38.4. The number of phenols is 12. The molecule has 0 spiro atoms. The largest absolute Gasteiger partial charge is 0.508 e. The van der Waals surface area contributed by atoms with Crippen LogP contribution in [-0.2, 0) is 43.3 Å². The minimum atomic E-state index is -0.499. The highest BCUT2D eigenvalue weighted by Crippen LogP contribution is 2.50. The summed E-state index contributed by atoms with van der Waals surface area (Å²) in [4.78, 5) is 0. The van der Waals surface area contributed by atoms with Crippen LogP contribution < -0.4 is 0 Å². The molecule has 0 aromatic heterocycles. The molecular weight excluding hydrogens is 1680 g/mol. The highest BCUT2D eigenvalue weighted by molar-refractivity contribution is 6.33. The number of hydrogen-bond acceptors (Lipinski definition) is 12. The molecule has 0 bridgehead atoms. The summed E-state index contributed by atoms with van der Waals surface area (Å²) < 4.78 is 0. The molecule has 0 atom stereocenters. The quantitative estimate of drug-likeness (QED) is 0.0359. The van der Waals surface area contributed by atoms with Gasteiger partial charge >= 0.3 is 0 Å². The van der Waals surface area contributed by atoms with Crippen LogP contribution in [0.2, 0.25) is 20.1 Å². The minimum Gasteiger partial charge on any atom is -0.508 e. The van der Waals surface area contributed by atoms with Crippen LogP contribution in [0.4, 0.5) is 0 Å². The van der Waals surface area contributed by atoms with Crippen LogP contribution in [0.3, 0.4) is 0 Å². The lowest BCUT2D eigenvalue weighted by Gasteiger charge is -2.41. The van der Waals surface area contributed by atoms with Gasteiger partial charge in [0.25, 0.3) is 0 Å². The topological polar surface area (TPSA) is 243 Å². The molecule has 12 nitrogen and oxygen atoms in total.